The van der Waals surface area contributed by atoms with Crippen LogP contribution in [0.2, 0.25) is 0 Å². The molecule has 2 amide bonds. The van der Waals surface area contributed by atoms with Crippen molar-refractivity contribution in [3.63, 3.8) is 0 Å². The number of carbonyl (C=O) groups is 2. The van der Waals surface area contributed by atoms with Gasteiger partial charge in [0.05, 0.1) is 0 Å². The van der Waals surface area contributed by atoms with E-state index in [1.165, 1.54) is 0 Å². The molecule has 2 aromatic rings. The van der Waals surface area contributed by atoms with Crippen LogP contribution in [-0.2, 0) is 16.1 Å². The first kappa shape index (κ1) is 23.5. The zero-order valence-corrected chi connectivity index (χ0v) is 19.0. The predicted octanol–water partition coefficient (Wildman–Crippen LogP) is 4.32. The molecule has 0 aliphatic carbocycles. The molecule has 0 radical (unpaired) electrons. The molecule has 5 heteroatoms. The van der Waals surface area contributed by atoms with Crippen LogP contribution in [0.3, 0.4) is 0 Å². The Bertz CT molecular complexity index is 841. The highest BCUT2D eigenvalue weighted by atomic mass is 16.5. The molecule has 0 aliphatic heterocycles. The first-order chi connectivity index (χ1) is 14.2. The molecule has 0 spiro atoms. The molecule has 0 saturated carbocycles. The van der Waals surface area contributed by atoms with Crippen molar-refractivity contribution in [2.75, 3.05) is 6.61 Å². The zero-order valence-electron chi connectivity index (χ0n) is 19.0. The zero-order chi connectivity index (χ0) is 22.3. The molecule has 2 atom stereocenters. The van der Waals surface area contributed by atoms with E-state index in [1.807, 2.05) is 71.0 Å². The Kier molecular flexibility index (Phi) is 8.46. The lowest BCUT2D eigenvalue weighted by Crippen LogP contribution is -2.50. The first-order valence-corrected chi connectivity index (χ1v) is 10.6. The van der Waals surface area contributed by atoms with Crippen LogP contribution in [0.5, 0.6) is 5.75 Å². The van der Waals surface area contributed by atoms with E-state index in [0.29, 0.717) is 12.3 Å². The lowest BCUT2D eigenvalue weighted by molar-refractivity contribution is -0.142. The van der Waals surface area contributed by atoms with Crippen LogP contribution in [0.15, 0.2) is 42.5 Å². The van der Waals surface area contributed by atoms with Gasteiger partial charge in [-0.2, -0.15) is 0 Å². The van der Waals surface area contributed by atoms with Crippen molar-refractivity contribution in [2.24, 2.45) is 0 Å². The summed E-state index contributed by atoms with van der Waals surface area (Å²) in [5, 5.41) is 2.97. The summed E-state index contributed by atoms with van der Waals surface area (Å²) in [5.41, 5.74) is 4.28. The predicted molar refractivity (Wildman–Crippen MR) is 120 cm³/mol. The highest BCUT2D eigenvalue weighted by molar-refractivity contribution is 5.88. The molecule has 0 saturated heterocycles. The van der Waals surface area contributed by atoms with Crippen LogP contribution in [0.4, 0.5) is 0 Å². The molecular formula is C25H34N2O3. The number of hydrogen-bond acceptors (Lipinski definition) is 3. The number of carbonyl (C=O) groups excluding carboxylic acids is 2. The standard InChI is InChI=1S/C25H34N2O3/c1-7-20(5)26-25(29)21(6)27(15-22-10-8-17(2)9-11-22)24(28)16-30-23-13-18(3)12-19(4)14-23/h8-14,20-21H,7,15-16H2,1-6H3,(H,26,29)/t20-,21+/m1/s1. The third-order valence-corrected chi connectivity index (χ3v) is 5.20. The minimum Gasteiger partial charge on any atom is -0.484 e. The number of amides is 2. The van der Waals surface area contributed by atoms with Gasteiger partial charge in [-0.25, -0.2) is 0 Å². The Morgan fingerprint density at radius 1 is 0.967 bits per heavy atom. The number of hydrogen-bond donors (Lipinski definition) is 1. The molecule has 0 bridgehead atoms. The lowest BCUT2D eigenvalue weighted by atomic mass is 10.1. The molecule has 0 fully saturated rings. The van der Waals surface area contributed by atoms with Crippen molar-refractivity contribution in [3.8, 4) is 5.75 Å². The number of aryl methyl sites for hydroxylation is 3. The van der Waals surface area contributed by atoms with Gasteiger partial charge >= 0.3 is 0 Å². The van der Waals surface area contributed by atoms with Gasteiger partial charge in [0, 0.05) is 12.6 Å². The number of nitrogens with zero attached hydrogens (tertiary/aromatic N) is 1. The van der Waals surface area contributed by atoms with E-state index in [4.69, 9.17) is 4.74 Å². The van der Waals surface area contributed by atoms with Gasteiger partial charge in [0.2, 0.25) is 5.91 Å². The van der Waals surface area contributed by atoms with Gasteiger partial charge in [0.25, 0.3) is 5.91 Å². The fraction of sp³-hybridized carbons (Fsp3) is 0.440. The second-order valence-corrected chi connectivity index (χ2v) is 8.11. The summed E-state index contributed by atoms with van der Waals surface area (Å²) in [5.74, 6) is 0.283. The summed E-state index contributed by atoms with van der Waals surface area (Å²) in [6.07, 6.45) is 0.834. The number of ether oxygens (including phenoxy) is 1. The van der Waals surface area contributed by atoms with E-state index in [0.717, 1.165) is 28.7 Å². The summed E-state index contributed by atoms with van der Waals surface area (Å²) in [6.45, 7) is 12.0. The molecule has 0 unspecified atom stereocenters. The summed E-state index contributed by atoms with van der Waals surface area (Å²) < 4.78 is 5.78. The highest BCUT2D eigenvalue weighted by Crippen LogP contribution is 2.17. The Labute approximate surface area is 180 Å². The Morgan fingerprint density at radius 3 is 2.13 bits per heavy atom. The minimum absolute atomic E-state index is 0.0581. The second-order valence-electron chi connectivity index (χ2n) is 8.11. The Morgan fingerprint density at radius 2 is 1.57 bits per heavy atom. The molecule has 30 heavy (non-hydrogen) atoms. The molecule has 0 aromatic heterocycles. The topological polar surface area (TPSA) is 58.6 Å². The van der Waals surface area contributed by atoms with Gasteiger partial charge in [-0.05, 0) is 69.9 Å². The fourth-order valence-corrected chi connectivity index (χ4v) is 3.18. The molecule has 2 aromatic carbocycles. The van der Waals surface area contributed by atoms with E-state index in [-0.39, 0.29) is 24.5 Å². The average molecular weight is 411 g/mol. The van der Waals surface area contributed by atoms with E-state index in [1.54, 1.807) is 11.8 Å². The van der Waals surface area contributed by atoms with Crippen LogP contribution in [-0.4, -0.2) is 35.4 Å². The number of rotatable bonds is 9. The molecule has 0 aliphatic rings. The maximum absolute atomic E-state index is 13.1. The number of benzene rings is 2. The van der Waals surface area contributed by atoms with Gasteiger partial charge in [0.15, 0.2) is 6.61 Å². The lowest BCUT2D eigenvalue weighted by Gasteiger charge is -2.29. The summed E-state index contributed by atoms with van der Waals surface area (Å²) in [7, 11) is 0. The van der Waals surface area contributed by atoms with Crippen LogP contribution in [0, 0.1) is 20.8 Å². The first-order valence-electron chi connectivity index (χ1n) is 10.6. The summed E-state index contributed by atoms with van der Waals surface area (Å²) >= 11 is 0. The Hall–Kier alpha value is -2.82. The largest absolute Gasteiger partial charge is 0.484 e. The maximum Gasteiger partial charge on any atom is 0.261 e. The molecular weight excluding hydrogens is 376 g/mol. The normalized spacial score (nSPS) is 12.7. The summed E-state index contributed by atoms with van der Waals surface area (Å²) in [4.78, 5) is 27.4. The molecule has 1 N–H and O–H groups in total. The van der Waals surface area contributed by atoms with Crippen LogP contribution in [0.25, 0.3) is 0 Å². The SMILES string of the molecule is CC[C@@H](C)NC(=O)[C@H](C)N(Cc1ccc(C)cc1)C(=O)COc1cc(C)cc(C)c1. The summed E-state index contributed by atoms with van der Waals surface area (Å²) in [6, 6.07) is 13.3. The van der Waals surface area contributed by atoms with Crippen molar-refractivity contribution >= 4 is 11.8 Å². The third-order valence-electron chi connectivity index (χ3n) is 5.20. The molecule has 0 heterocycles. The van der Waals surface area contributed by atoms with Crippen molar-refractivity contribution in [1.82, 2.24) is 10.2 Å². The molecule has 162 valence electrons. The highest BCUT2D eigenvalue weighted by Gasteiger charge is 2.27. The molecule has 2 rings (SSSR count). The van der Waals surface area contributed by atoms with Gasteiger partial charge in [-0.15, -0.1) is 0 Å². The van der Waals surface area contributed by atoms with Gasteiger partial charge in [-0.1, -0.05) is 42.8 Å². The minimum atomic E-state index is -0.601. The van der Waals surface area contributed by atoms with Gasteiger partial charge < -0.3 is 15.0 Å². The van der Waals surface area contributed by atoms with E-state index in [9.17, 15) is 9.59 Å². The van der Waals surface area contributed by atoms with Gasteiger partial charge in [0.1, 0.15) is 11.8 Å². The van der Waals surface area contributed by atoms with Crippen molar-refractivity contribution in [2.45, 2.75) is 66.6 Å². The van der Waals surface area contributed by atoms with Crippen LogP contribution >= 0.6 is 0 Å². The van der Waals surface area contributed by atoms with Crippen molar-refractivity contribution in [3.05, 3.63) is 64.7 Å². The second kappa shape index (κ2) is 10.8. The fourth-order valence-electron chi connectivity index (χ4n) is 3.18. The van der Waals surface area contributed by atoms with E-state index >= 15 is 0 Å². The molecule has 5 nitrogen and oxygen atoms in total. The van der Waals surface area contributed by atoms with Crippen molar-refractivity contribution in [1.29, 1.82) is 0 Å². The monoisotopic (exact) mass is 410 g/mol. The smallest absolute Gasteiger partial charge is 0.261 e. The maximum atomic E-state index is 13.1. The van der Waals surface area contributed by atoms with E-state index in [2.05, 4.69) is 11.4 Å². The average Bonchev–Trinajstić information content (AvgIpc) is 2.70. The Balaban J connectivity index is 2.16. The van der Waals surface area contributed by atoms with Crippen LogP contribution in [0.1, 0.15) is 49.4 Å². The number of nitrogens with one attached hydrogen (secondary N) is 1. The third kappa shape index (κ3) is 6.90. The van der Waals surface area contributed by atoms with Crippen LogP contribution < -0.4 is 10.1 Å². The van der Waals surface area contributed by atoms with Gasteiger partial charge in [-0.3, -0.25) is 9.59 Å². The van der Waals surface area contributed by atoms with E-state index < -0.39 is 6.04 Å². The quantitative estimate of drug-likeness (QED) is 0.670. The van der Waals surface area contributed by atoms with Crippen molar-refractivity contribution < 1.29 is 14.3 Å².